The highest BCUT2D eigenvalue weighted by Gasteiger charge is 2.15. The summed E-state index contributed by atoms with van der Waals surface area (Å²) < 4.78 is 0. The maximum Gasteiger partial charge on any atom is 0.150 e. The second-order valence-corrected chi connectivity index (χ2v) is 6.50. The third-order valence-corrected chi connectivity index (χ3v) is 4.40. The minimum atomic E-state index is -0.0508. The van der Waals surface area contributed by atoms with Crippen LogP contribution < -0.4 is 10.9 Å². The molecule has 1 heterocycles. The largest absolute Gasteiger partial charge is 0.308 e. The van der Waals surface area contributed by atoms with Crippen molar-refractivity contribution in [2.75, 3.05) is 5.33 Å². The molecule has 1 aromatic carbocycles. The molecule has 2 aliphatic rings. The quantitative estimate of drug-likeness (QED) is 0.336. The zero-order valence-corrected chi connectivity index (χ0v) is 15.8. The number of hydrazine groups is 1. The molecule has 3 rings (SSSR count). The summed E-state index contributed by atoms with van der Waals surface area (Å²) in [7, 11) is 0. The number of fused-ring (bicyclic) bond motifs is 1. The van der Waals surface area contributed by atoms with Crippen LogP contribution in [0.3, 0.4) is 0 Å². The van der Waals surface area contributed by atoms with E-state index in [4.69, 9.17) is 11.6 Å². The van der Waals surface area contributed by atoms with Gasteiger partial charge < -0.3 is 5.43 Å². The Balaban J connectivity index is 1.63. The lowest BCUT2D eigenvalue weighted by atomic mass is 10.0. The van der Waals surface area contributed by atoms with E-state index >= 15 is 0 Å². The predicted molar refractivity (Wildman–Crippen MR) is 109 cm³/mol. The van der Waals surface area contributed by atoms with Crippen LogP contribution in [0.25, 0.3) is 0 Å². The van der Waals surface area contributed by atoms with Crippen LogP contribution in [0.4, 0.5) is 0 Å². The maximum atomic E-state index is 6.09. The first-order valence-electron chi connectivity index (χ1n) is 7.92. The molecule has 0 bridgehead atoms. The molecule has 4 nitrogen and oxygen atoms in total. The number of dihydropyridines is 1. The Hall–Kier alpha value is -1.95. The number of hydrogen-bond donors (Lipinski definition) is 2. The zero-order valence-electron chi connectivity index (χ0n) is 13.5. The number of alkyl halides is 1. The van der Waals surface area contributed by atoms with Gasteiger partial charge in [0.05, 0.1) is 11.4 Å². The number of hydrogen-bond acceptors (Lipinski definition) is 3. The van der Waals surface area contributed by atoms with Gasteiger partial charge in [0, 0.05) is 11.6 Å². The van der Waals surface area contributed by atoms with Gasteiger partial charge in [-0.05, 0) is 29.4 Å². The molecule has 0 aromatic heterocycles. The smallest absolute Gasteiger partial charge is 0.150 e. The molecule has 6 heteroatoms. The molecule has 25 heavy (non-hydrogen) atoms. The van der Waals surface area contributed by atoms with Crippen molar-refractivity contribution in [3.05, 3.63) is 83.0 Å². The summed E-state index contributed by atoms with van der Waals surface area (Å²) in [6.45, 7) is 0.706. The average molecular weight is 418 g/mol. The van der Waals surface area contributed by atoms with Crippen molar-refractivity contribution in [3.63, 3.8) is 0 Å². The maximum absolute atomic E-state index is 6.09. The highest BCUT2D eigenvalue weighted by atomic mass is 79.9. The second kappa shape index (κ2) is 8.94. The van der Waals surface area contributed by atoms with Crippen LogP contribution in [0.15, 0.2) is 87.4 Å². The Kier molecular flexibility index (Phi) is 6.39. The van der Waals surface area contributed by atoms with Crippen molar-refractivity contribution in [3.8, 4) is 0 Å². The fourth-order valence-electron chi connectivity index (χ4n) is 2.42. The molecular formula is C19H18BrClN4. The van der Waals surface area contributed by atoms with Crippen molar-refractivity contribution < 1.29 is 0 Å². The molecule has 1 aliphatic carbocycles. The van der Waals surface area contributed by atoms with E-state index in [2.05, 4.69) is 48.9 Å². The van der Waals surface area contributed by atoms with Crippen LogP contribution in [-0.2, 0) is 6.54 Å². The summed E-state index contributed by atoms with van der Waals surface area (Å²) in [6, 6.07) is 10.1. The highest BCUT2D eigenvalue weighted by Crippen LogP contribution is 2.22. The minimum absolute atomic E-state index is 0.0508. The van der Waals surface area contributed by atoms with Crippen molar-refractivity contribution in [1.82, 2.24) is 10.9 Å². The van der Waals surface area contributed by atoms with Crippen molar-refractivity contribution in [2.45, 2.75) is 12.6 Å². The number of nitrogens with zero attached hydrogens (tertiary/aromatic N) is 2. The molecule has 0 fully saturated rings. The zero-order chi connectivity index (χ0) is 17.5. The van der Waals surface area contributed by atoms with Gasteiger partial charge in [0.15, 0.2) is 0 Å². The molecule has 128 valence electrons. The Morgan fingerprint density at radius 1 is 1.24 bits per heavy atom. The molecule has 0 saturated carbocycles. The number of allylic oxidation sites excluding steroid dienone is 4. The Labute approximate surface area is 160 Å². The highest BCUT2D eigenvalue weighted by molar-refractivity contribution is 9.09. The van der Waals surface area contributed by atoms with E-state index in [0.29, 0.717) is 22.7 Å². The van der Waals surface area contributed by atoms with Gasteiger partial charge in [-0.1, -0.05) is 76.1 Å². The van der Waals surface area contributed by atoms with Crippen LogP contribution in [0.1, 0.15) is 5.56 Å². The molecule has 2 N–H and O–H groups in total. The van der Waals surface area contributed by atoms with Gasteiger partial charge in [0.2, 0.25) is 0 Å². The van der Waals surface area contributed by atoms with Crippen LogP contribution >= 0.6 is 27.5 Å². The third-order valence-electron chi connectivity index (χ3n) is 3.64. The lowest BCUT2D eigenvalue weighted by molar-refractivity contribution is 0.652. The van der Waals surface area contributed by atoms with Crippen molar-refractivity contribution in [1.29, 1.82) is 0 Å². The lowest BCUT2D eigenvalue weighted by Crippen LogP contribution is -2.38. The molecule has 0 amide bonds. The van der Waals surface area contributed by atoms with Gasteiger partial charge in [-0.2, -0.15) is 0 Å². The van der Waals surface area contributed by atoms with Gasteiger partial charge in [-0.15, -0.1) is 0 Å². The van der Waals surface area contributed by atoms with Gasteiger partial charge in [0.25, 0.3) is 0 Å². The fourth-order valence-corrected chi connectivity index (χ4v) is 2.88. The molecule has 1 atom stereocenters. The van der Waals surface area contributed by atoms with Crippen molar-refractivity contribution >= 4 is 39.2 Å². The van der Waals surface area contributed by atoms with E-state index in [1.807, 2.05) is 54.7 Å². The first-order chi connectivity index (χ1) is 12.2. The Bertz CT molecular complexity index is 791. The Morgan fingerprint density at radius 2 is 2.08 bits per heavy atom. The van der Waals surface area contributed by atoms with Gasteiger partial charge in [-0.25, -0.2) is 10.4 Å². The van der Waals surface area contributed by atoms with Crippen LogP contribution in [-0.4, -0.2) is 23.0 Å². The number of amidine groups is 2. The minimum Gasteiger partial charge on any atom is -0.308 e. The van der Waals surface area contributed by atoms with Gasteiger partial charge >= 0.3 is 0 Å². The summed E-state index contributed by atoms with van der Waals surface area (Å²) in [5.41, 5.74) is 8.56. The summed E-state index contributed by atoms with van der Waals surface area (Å²) in [5, 5.41) is 1.30. The standard InChI is InChI=1S/C19H18BrClN4/c20-12-19(25-22-13-14-5-2-1-3-6-14)24-18-10-9-15-11-16(21)7-4-8-17(15)23-18/h1-11,17,22H,12-13H2,(H,23,24,25). The lowest BCUT2D eigenvalue weighted by Gasteiger charge is -2.15. The monoisotopic (exact) mass is 416 g/mol. The topological polar surface area (TPSA) is 48.8 Å². The van der Waals surface area contributed by atoms with Crippen LogP contribution in [0.5, 0.6) is 0 Å². The first-order valence-corrected chi connectivity index (χ1v) is 9.42. The van der Waals surface area contributed by atoms with E-state index < -0.39 is 0 Å². The number of rotatable bonds is 4. The van der Waals surface area contributed by atoms with Gasteiger partial charge in [0.1, 0.15) is 11.7 Å². The number of aliphatic imine (C=N–C) groups is 2. The molecule has 0 radical (unpaired) electrons. The summed E-state index contributed by atoms with van der Waals surface area (Å²) in [5.74, 6) is 1.44. The summed E-state index contributed by atoms with van der Waals surface area (Å²) in [4.78, 5) is 9.23. The Morgan fingerprint density at radius 3 is 2.88 bits per heavy atom. The normalized spacial score (nSPS) is 19.5. The van der Waals surface area contributed by atoms with E-state index in [9.17, 15) is 0 Å². The fraction of sp³-hybridized carbons (Fsp3) is 0.158. The first kappa shape index (κ1) is 17.9. The van der Waals surface area contributed by atoms with Gasteiger partial charge in [-0.3, -0.25) is 4.99 Å². The number of benzene rings is 1. The van der Waals surface area contributed by atoms with Crippen LogP contribution in [0.2, 0.25) is 0 Å². The van der Waals surface area contributed by atoms with Crippen molar-refractivity contribution in [2.24, 2.45) is 9.98 Å². The molecular weight excluding hydrogens is 400 g/mol. The SMILES string of the molecule is ClC1=CC=CC2N=C(N=C(CBr)NNCc3ccccc3)C=CC2=C1. The molecule has 1 aliphatic heterocycles. The second-order valence-electron chi connectivity index (χ2n) is 5.50. The average Bonchev–Trinajstić information content (AvgIpc) is 2.82. The van der Waals surface area contributed by atoms with E-state index in [1.54, 1.807) is 0 Å². The molecule has 0 saturated heterocycles. The number of halogens is 2. The molecule has 0 spiro atoms. The predicted octanol–water partition coefficient (Wildman–Crippen LogP) is 4.03. The molecule has 1 unspecified atom stereocenters. The van der Waals surface area contributed by atoms with Crippen LogP contribution in [0, 0.1) is 0 Å². The third kappa shape index (κ3) is 5.26. The number of nitrogens with one attached hydrogen (secondary N) is 2. The summed E-state index contributed by atoms with van der Waals surface area (Å²) in [6.07, 6.45) is 11.6. The van der Waals surface area contributed by atoms with E-state index in [1.165, 1.54) is 5.56 Å². The van der Waals surface area contributed by atoms with E-state index in [-0.39, 0.29) is 6.04 Å². The van der Waals surface area contributed by atoms with E-state index in [0.717, 1.165) is 11.4 Å². The summed E-state index contributed by atoms with van der Waals surface area (Å²) >= 11 is 9.55. The molecule has 1 aromatic rings.